The van der Waals surface area contributed by atoms with Crippen molar-refractivity contribution in [3.05, 3.63) is 59.7 Å². The number of carbonyl (C=O) groups excluding carboxylic acids is 1. The number of ether oxygens (including phenoxy) is 2. The number of carbonyl (C=O) groups is 1. The molecular weight excluding hydrogens is 290 g/mol. The second-order valence-electron chi connectivity index (χ2n) is 5.42. The van der Waals surface area contributed by atoms with E-state index in [9.17, 15) is 4.79 Å². The highest BCUT2D eigenvalue weighted by molar-refractivity contribution is 5.75. The maximum Gasteiger partial charge on any atom is 0.223 e. The molecule has 0 fully saturated rings. The number of nitrogens with one attached hydrogen (secondary N) is 1. The second kappa shape index (κ2) is 8.83. The van der Waals surface area contributed by atoms with E-state index in [0.29, 0.717) is 26.2 Å². The summed E-state index contributed by atoms with van der Waals surface area (Å²) in [6, 6.07) is 15.6. The average molecular weight is 313 g/mol. The van der Waals surface area contributed by atoms with E-state index in [0.717, 1.165) is 11.5 Å². The zero-order valence-electron chi connectivity index (χ0n) is 13.7. The van der Waals surface area contributed by atoms with E-state index in [1.807, 2.05) is 62.4 Å². The fourth-order valence-electron chi connectivity index (χ4n) is 1.98. The van der Waals surface area contributed by atoms with E-state index in [1.165, 1.54) is 11.1 Å². The Morgan fingerprint density at radius 1 is 0.826 bits per heavy atom. The van der Waals surface area contributed by atoms with Gasteiger partial charge in [0.1, 0.15) is 18.1 Å². The first-order valence-corrected chi connectivity index (χ1v) is 7.79. The Morgan fingerprint density at radius 2 is 1.30 bits per heavy atom. The van der Waals surface area contributed by atoms with Crippen LogP contribution in [0.15, 0.2) is 48.5 Å². The zero-order valence-corrected chi connectivity index (χ0v) is 13.7. The van der Waals surface area contributed by atoms with Crippen LogP contribution in [0, 0.1) is 13.8 Å². The largest absolute Gasteiger partial charge is 0.493 e. The lowest BCUT2D eigenvalue weighted by atomic mass is 10.2. The van der Waals surface area contributed by atoms with E-state index in [2.05, 4.69) is 5.32 Å². The molecule has 122 valence electrons. The highest BCUT2D eigenvalue weighted by Crippen LogP contribution is 2.12. The number of rotatable bonds is 8. The Bertz CT molecular complexity index is 606. The van der Waals surface area contributed by atoms with Crippen LogP contribution >= 0.6 is 0 Å². The molecular formula is C19H23NO3. The van der Waals surface area contributed by atoms with Gasteiger partial charge in [-0.25, -0.2) is 0 Å². The van der Waals surface area contributed by atoms with Crippen molar-refractivity contribution in [3.63, 3.8) is 0 Å². The molecule has 0 saturated heterocycles. The van der Waals surface area contributed by atoms with Crippen molar-refractivity contribution >= 4 is 5.91 Å². The van der Waals surface area contributed by atoms with Crippen LogP contribution in [0.2, 0.25) is 0 Å². The molecule has 0 aromatic heterocycles. The summed E-state index contributed by atoms with van der Waals surface area (Å²) in [5, 5.41) is 2.82. The van der Waals surface area contributed by atoms with E-state index in [1.54, 1.807) is 0 Å². The van der Waals surface area contributed by atoms with Crippen molar-refractivity contribution in [2.45, 2.75) is 20.3 Å². The second-order valence-corrected chi connectivity index (χ2v) is 5.42. The van der Waals surface area contributed by atoms with Crippen molar-refractivity contribution < 1.29 is 14.3 Å². The Labute approximate surface area is 137 Å². The van der Waals surface area contributed by atoms with Crippen LogP contribution < -0.4 is 14.8 Å². The van der Waals surface area contributed by atoms with E-state index >= 15 is 0 Å². The molecule has 1 N–H and O–H groups in total. The van der Waals surface area contributed by atoms with Crippen LogP contribution in [0.5, 0.6) is 11.5 Å². The Morgan fingerprint density at radius 3 is 1.83 bits per heavy atom. The molecule has 2 aromatic carbocycles. The summed E-state index contributed by atoms with van der Waals surface area (Å²) in [4.78, 5) is 11.7. The van der Waals surface area contributed by atoms with Crippen LogP contribution in [0.3, 0.4) is 0 Å². The first-order chi connectivity index (χ1) is 11.1. The minimum Gasteiger partial charge on any atom is -0.493 e. The maximum atomic E-state index is 11.7. The molecule has 2 rings (SSSR count). The molecule has 0 saturated carbocycles. The van der Waals surface area contributed by atoms with Crippen LogP contribution in [0.25, 0.3) is 0 Å². The third-order valence-corrected chi connectivity index (χ3v) is 3.33. The molecule has 0 atom stereocenters. The molecule has 4 heteroatoms. The minimum atomic E-state index is -0.0374. The summed E-state index contributed by atoms with van der Waals surface area (Å²) in [7, 11) is 0. The summed E-state index contributed by atoms with van der Waals surface area (Å²) in [6.07, 6.45) is 0.332. The number of aryl methyl sites for hydroxylation is 2. The lowest BCUT2D eigenvalue weighted by molar-refractivity contribution is -0.121. The van der Waals surface area contributed by atoms with Crippen molar-refractivity contribution in [2.75, 3.05) is 19.8 Å². The van der Waals surface area contributed by atoms with Gasteiger partial charge in [-0.15, -0.1) is 0 Å². The number of benzene rings is 2. The van der Waals surface area contributed by atoms with Crippen LogP contribution in [0.1, 0.15) is 17.5 Å². The fourth-order valence-corrected chi connectivity index (χ4v) is 1.98. The summed E-state index contributed by atoms with van der Waals surface area (Å²) in [5.74, 6) is 1.56. The lowest BCUT2D eigenvalue weighted by Crippen LogP contribution is -2.29. The molecule has 4 nitrogen and oxygen atoms in total. The van der Waals surface area contributed by atoms with Gasteiger partial charge in [-0.1, -0.05) is 35.4 Å². The van der Waals surface area contributed by atoms with Gasteiger partial charge in [-0.3, -0.25) is 4.79 Å². The Kier molecular flexibility index (Phi) is 6.48. The lowest BCUT2D eigenvalue weighted by Gasteiger charge is -2.09. The minimum absolute atomic E-state index is 0.0374. The predicted molar refractivity (Wildman–Crippen MR) is 91.0 cm³/mol. The average Bonchev–Trinajstić information content (AvgIpc) is 2.55. The van der Waals surface area contributed by atoms with Gasteiger partial charge in [0.2, 0.25) is 5.91 Å². The van der Waals surface area contributed by atoms with Crippen LogP contribution in [-0.2, 0) is 4.79 Å². The number of hydrogen-bond donors (Lipinski definition) is 1. The summed E-state index contributed by atoms with van der Waals surface area (Å²) >= 11 is 0. The molecule has 0 heterocycles. The molecule has 23 heavy (non-hydrogen) atoms. The van der Waals surface area contributed by atoms with Gasteiger partial charge in [-0.2, -0.15) is 0 Å². The molecule has 0 aliphatic heterocycles. The SMILES string of the molecule is Cc1ccc(OCCNC(=O)CCOc2ccc(C)cc2)cc1. The maximum absolute atomic E-state index is 11.7. The molecule has 0 bridgehead atoms. The fraction of sp³-hybridized carbons (Fsp3) is 0.316. The van der Waals surface area contributed by atoms with Gasteiger partial charge in [0, 0.05) is 0 Å². The third-order valence-electron chi connectivity index (χ3n) is 3.33. The summed E-state index contributed by atoms with van der Waals surface area (Å²) in [5.41, 5.74) is 2.38. The molecule has 2 aromatic rings. The molecule has 0 spiro atoms. The van der Waals surface area contributed by atoms with E-state index in [4.69, 9.17) is 9.47 Å². The van der Waals surface area contributed by atoms with Gasteiger partial charge in [0.05, 0.1) is 19.6 Å². The van der Waals surface area contributed by atoms with Gasteiger partial charge in [-0.05, 0) is 38.1 Å². The van der Waals surface area contributed by atoms with Gasteiger partial charge in [0.25, 0.3) is 0 Å². The van der Waals surface area contributed by atoms with Crippen LogP contribution in [0.4, 0.5) is 0 Å². The van der Waals surface area contributed by atoms with Crippen molar-refractivity contribution in [1.82, 2.24) is 5.32 Å². The van der Waals surface area contributed by atoms with Crippen molar-refractivity contribution in [3.8, 4) is 11.5 Å². The highest BCUT2D eigenvalue weighted by Gasteiger charge is 2.02. The van der Waals surface area contributed by atoms with E-state index in [-0.39, 0.29) is 5.91 Å². The van der Waals surface area contributed by atoms with Crippen molar-refractivity contribution in [2.24, 2.45) is 0 Å². The molecule has 0 aliphatic carbocycles. The monoisotopic (exact) mass is 313 g/mol. The number of hydrogen-bond acceptors (Lipinski definition) is 3. The highest BCUT2D eigenvalue weighted by atomic mass is 16.5. The van der Waals surface area contributed by atoms with Gasteiger partial charge < -0.3 is 14.8 Å². The molecule has 0 aliphatic rings. The van der Waals surface area contributed by atoms with Crippen molar-refractivity contribution in [1.29, 1.82) is 0 Å². The Balaban J connectivity index is 1.56. The standard InChI is InChI=1S/C19H23NO3/c1-15-3-7-17(8-4-15)22-13-11-19(21)20-12-14-23-18-9-5-16(2)6-10-18/h3-10H,11-14H2,1-2H3,(H,20,21). The molecule has 0 radical (unpaired) electrons. The van der Waals surface area contributed by atoms with Gasteiger partial charge in [0.15, 0.2) is 0 Å². The predicted octanol–water partition coefficient (Wildman–Crippen LogP) is 3.27. The molecule has 1 amide bonds. The first-order valence-electron chi connectivity index (χ1n) is 7.79. The Hall–Kier alpha value is -2.49. The number of amides is 1. The summed E-state index contributed by atoms with van der Waals surface area (Å²) in [6.45, 7) is 5.36. The zero-order chi connectivity index (χ0) is 16.5. The van der Waals surface area contributed by atoms with Crippen LogP contribution in [-0.4, -0.2) is 25.7 Å². The normalized spacial score (nSPS) is 10.2. The van der Waals surface area contributed by atoms with E-state index < -0.39 is 0 Å². The molecule has 0 unspecified atom stereocenters. The summed E-state index contributed by atoms with van der Waals surface area (Å²) < 4.78 is 11.1. The quantitative estimate of drug-likeness (QED) is 0.761. The topological polar surface area (TPSA) is 47.6 Å². The first kappa shape index (κ1) is 16.9. The third kappa shape index (κ3) is 6.43. The van der Waals surface area contributed by atoms with Gasteiger partial charge >= 0.3 is 0 Å². The smallest absolute Gasteiger partial charge is 0.223 e.